The van der Waals surface area contributed by atoms with E-state index in [0.29, 0.717) is 22.9 Å². The molecule has 4 N–H and O–H groups in total. The van der Waals surface area contributed by atoms with Gasteiger partial charge in [0.1, 0.15) is 12.7 Å². The molecule has 0 saturated carbocycles. The molecule has 0 aliphatic heterocycles. The van der Waals surface area contributed by atoms with E-state index in [1.807, 2.05) is 0 Å². The van der Waals surface area contributed by atoms with E-state index < -0.39 is 0 Å². The number of nitrogens with two attached hydrogens (primary N) is 2. The van der Waals surface area contributed by atoms with Crippen molar-refractivity contribution in [2.24, 2.45) is 0 Å². The number of nitrogens with zero attached hydrogens (tertiary/aromatic N) is 8. The zero-order chi connectivity index (χ0) is 17.2. The van der Waals surface area contributed by atoms with Crippen LogP contribution in [0.1, 0.15) is 0 Å². The number of ether oxygens (including phenoxy) is 1. The highest BCUT2D eigenvalue weighted by molar-refractivity contribution is 5.63. The number of aromatic nitrogens is 8. The zero-order valence-corrected chi connectivity index (χ0v) is 12.8. The Kier molecular flexibility index (Phi) is 3.43. The maximum Gasteiger partial charge on any atom is 0.150 e. The minimum absolute atomic E-state index is 0.428. The summed E-state index contributed by atoms with van der Waals surface area (Å²) in [5, 5.41) is 22.0. The molecule has 4 aromatic rings. The molecular weight excluding hydrogens is 324 g/mol. The molecule has 0 aliphatic carbocycles. The van der Waals surface area contributed by atoms with Gasteiger partial charge in [-0.25, -0.2) is 9.36 Å². The summed E-state index contributed by atoms with van der Waals surface area (Å²) in [5.41, 5.74) is 14.4. The second kappa shape index (κ2) is 5.88. The molecule has 2 aromatic heterocycles. The fourth-order valence-electron chi connectivity index (χ4n) is 2.22. The number of hydrogen-bond donors (Lipinski definition) is 2. The third-order valence-electron chi connectivity index (χ3n) is 3.43. The van der Waals surface area contributed by atoms with Gasteiger partial charge in [-0.3, -0.25) is 0 Å². The van der Waals surface area contributed by atoms with Crippen molar-refractivity contribution in [1.29, 1.82) is 0 Å². The summed E-state index contributed by atoms with van der Waals surface area (Å²) < 4.78 is 8.80. The molecule has 124 valence electrons. The minimum Gasteiger partial charge on any atom is -0.453 e. The van der Waals surface area contributed by atoms with Crippen LogP contribution >= 0.6 is 0 Å². The second-order valence-electron chi connectivity index (χ2n) is 5.06. The molecule has 0 aliphatic rings. The van der Waals surface area contributed by atoms with Crippen LogP contribution in [0, 0.1) is 0 Å². The largest absolute Gasteiger partial charge is 0.453 e. The highest BCUT2D eigenvalue weighted by atomic mass is 16.5. The van der Waals surface area contributed by atoms with Crippen LogP contribution < -0.4 is 16.2 Å². The highest BCUT2D eigenvalue weighted by Gasteiger charge is 2.09. The summed E-state index contributed by atoms with van der Waals surface area (Å²) in [5.74, 6) is 0.942. The molecule has 0 saturated heterocycles. The van der Waals surface area contributed by atoms with Crippen molar-refractivity contribution in [3.8, 4) is 22.9 Å². The van der Waals surface area contributed by atoms with E-state index in [4.69, 9.17) is 16.2 Å². The molecule has 2 aromatic carbocycles. The smallest absolute Gasteiger partial charge is 0.150 e. The lowest BCUT2D eigenvalue weighted by molar-refractivity contribution is 0.487. The summed E-state index contributed by atoms with van der Waals surface area (Å²) >= 11 is 0. The third kappa shape index (κ3) is 2.81. The molecule has 0 unspecified atom stereocenters. The quantitative estimate of drug-likeness (QED) is 0.511. The van der Waals surface area contributed by atoms with Gasteiger partial charge in [-0.15, -0.1) is 10.2 Å². The summed E-state index contributed by atoms with van der Waals surface area (Å²) in [7, 11) is 0. The topological polar surface area (TPSA) is 148 Å². The molecule has 0 amide bonds. The molecular formula is C14H12N10O. The molecule has 0 bridgehead atoms. The first-order valence-electron chi connectivity index (χ1n) is 7.14. The lowest BCUT2D eigenvalue weighted by atomic mass is 10.2. The van der Waals surface area contributed by atoms with Gasteiger partial charge in [0.25, 0.3) is 0 Å². The Labute approximate surface area is 140 Å². The standard InChI is InChI=1S/C14H12N10O/c15-11-5-9(23-7-17-19-21-23)1-3-13(11)25-14-4-2-10(6-12(14)16)24-8-18-20-22-24/h1-8H,15-16H2. The van der Waals surface area contributed by atoms with Crippen LogP contribution in [0.15, 0.2) is 49.1 Å². The number of hydrogen-bond acceptors (Lipinski definition) is 9. The molecule has 11 heteroatoms. The maximum atomic E-state index is 6.05. The Balaban J connectivity index is 1.60. The van der Waals surface area contributed by atoms with E-state index in [0.717, 1.165) is 11.4 Å². The average Bonchev–Trinajstić information content (AvgIpc) is 3.31. The Morgan fingerprint density at radius 2 is 1.20 bits per heavy atom. The lowest BCUT2D eigenvalue weighted by Gasteiger charge is -2.12. The predicted octanol–water partition coefficient (Wildman–Crippen LogP) is 0.595. The Morgan fingerprint density at radius 1 is 0.720 bits per heavy atom. The van der Waals surface area contributed by atoms with Crippen LogP contribution in [0.3, 0.4) is 0 Å². The van der Waals surface area contributed by atoms with Gasteiger partial charge in [0, 0.05) is 0 Å². The first-order valence-corrected chi connectivity index (χ1v) is 7.14. The number of rotatable bonds is 4. The van der Waals surface area contributed by atoms with Gasteiger partial charge in [0.05, 0.1) is 22.7 Å². The minimum atomic E-state index is 0.428. The van der Waals surface area contributed by atoms with Gasteiger partial charge in [-0.05, 0) is 57.3 Å². The van der Waals surface area contributed by atoms with Crippen molar-refractivity contribution in [3.63, 3.8) is 0 Å². The van der Waals surface area contributed by atoms with E-state index in [9.17, 15) is 0 Å². The van der Waals surface area contributed by atoms with Gasteiger partial charge in [-0.2, -0.15) is 0 Å². The van der Waals surface area contributed by atoms with Crippen molar-refractivity contribution in [2.75, 3.05) is 11.5 Å². The Hall–Kier alpha value is -4.02. The summed E-state index contributed by atoms with van der Waals surface area (Å²) in [6.07, 6.45) is 2.95. The molecule has 0 fully saturated rings. The average molecular weight is 336 g/mol. The van der Waals surface area contributed by atoms with Gasteiger partial charge in [0.2, 0.25) is 0 Å². The van der Waals surface area contributed by atoms with Gasteiger partial charge < -0.3 is 16.2 Å². The zero-order valence-electron chi connectivity index (χ0n) is 12.8. The fraction of sp³-hybridized carbons (Fsp3) is 0. The molecule has 25 heavy (non-hydrogen) atoms. The monoisotopic (exact) mass is 336 g/mol. The van der Waals surface area contributed by atoms with E-state index in [1.165, 1.54) is 22.0 Å². The molecule has 4 rings (SSSR count). The molecule has 2 heterocycles. The number of benzene rings is 2. The van der Waals surface area contributed by atoms with Crippen molar-refractivity contribution in [3.05, 3.63) is 49.1 Å². The number of anilines is 2. The van der Waals surface area contributed by atoms with E-state index in [2.05, 4.69) is 31.1 Å². The summed E-state index contributed by atoms with van der Waals surface area (Å²) in [6, 6.07) is 10.4. The van der Waals surface area contributed by atoms with Gasteiger partial charge >= 0.3 is 0 Å². The van der Waals surface area contributed by atoms with Crippen LogP contribution in [-0.2, 0) is 0 Å². The van der Waals surface area contributed by atoms with Crippen LogP contribution in [-0.4, -0.2) is 40.4 Å². The Morgan fingerprint density at radius 3 is 1.56 bits per heavy atom. The van der Waals surface area contributed by atoms with Crippen LogP contribution in [0.5, 0.6) is 11.5 Å². The maximum absolute atomic E-state index is 6.05. The number of tetrazole rings is 2. The van der Waals surface area contributed by atoms with Crippen LogP contribution in [0.25, 0.3) is 11.4 Å². The second-order valence-corrected chi connectivity index (χ2v) is 5.06. The predicted molar refractivity (Wildman–Crippen MR) is 87.2 cm³/mol. The highest BCUT2D eigenvalue weighted by Crippen LogP contribution is 2.33. The van der Waals surface area contributed by atoms with Crippen LogP contribution in [0.4, 0.5) is 11.4 Å². The first-order chi connectivity index (χ1) is 12.2. The lowest BCUT2D eigenvalue weighted by Crippen LogP contribution is -2.01. The van der Waals surface area contributed by atoms with E-state index in [-0.39, 0.29) is 0 Å². The van der Waals surface area contributed by atoms with Crippen molar-refractivity contribution >= 4 is 11.4 Å². The Bertz CT molecular complexity index is 915. The molecule has 0 spiro atoms. The van der Waals surface area contributed by atoms with E-state index in [1.54, 1.807) is 36.4 Å². The molecule has 0 atom stereocenters. The normalized spacial score (nSPS) is 10.7. The fourth-order valence-corrected chi connectivity index (χ4v) is 2.22. The van der Waals surface area contributed by atoms with Gasteiger partial charge in [0.15, 0.2) is 11.5 Å². The van der Waals surface area contributed by atoms with Gasteiger partial charge in [-0.1, -0.05) is 0 Å². The first kappa shape index (κ1) is 14.6. The van der Waals surface area contributed by atoms with Crippen molar-refractivity contribution in [1.82, 2.24) is 40.4 Å². The van der Waals surface area contributed by atoms with Crippen molar-refractivity contribution < 1.29 is 4.74 Å². The SMILES string of the molecule is Nc1cc(-n2cnnn2)ccc1Oc1ccc(-n2cnnn2)cc1N. The summed E-state index contributed by atoms with van der Waals surface area (Å²) in [4.78, 5) is 0. The van der Waals surface area contributed by atoms with Crippen LogP contribution in [0.2, 0.25) is 0 Å². The molecule has 11 nitrogen and oxygen atoms in total. The molecule has 0 radical (unpaired) electrons. The summed E-state index contributed by atoms with van der Waals surface area (Å²) in [6.45, 7) is 0. The van der Waals surface area contributed by atoms with E-state index >= 15 is 0 Å². The third-order valence-corrected chi connectivity index (χ3v) is 3.43. The van der Waals surface area contributed by atoms with Crippen molar-refractivity contribution in [2.45, 2.75) is 0 Å². The number of nitrogen functional groups attached to an aromatic ring is 2.